The second kappa shape index (κ2) is 9.36. The third-order valence-corrected chi connectivity index (χ3v) is 4.69. The fourth-order valence-electron chi connectivity index (χ4n) is 3.19. The maximum Gasteiger partial charge on any atom is 0.0270 e. The van der Waals surface area contributed by atoms with Crippen molar-refractivity contribution < 1.29 is 0 Å². The number of piperidine rings is 1. The highest BCUT2D eigenvalue weighted by Crippen LogP contribution is 2.11. The van der Waals surface area contributed by atoms with Gasteiger partial charge in [-0.15, -0.1) is 0 Å². The molecule has 0 radical (unpaired) electrons. The normalized spacial score (nSPS) is 16.7. The van der Waals surface area contributed by atoms with Crippen LogP contribution in [0.25, 0.3) is 6.08 Å². The lowest BCUT2D eigenvalue weighted by atomic mass is 10.0. The zero-order chi connectivity index (χ0) is 16.5. The van der Waals surface area contributed by atoms with E-state index in [1.165, 1.54) is 37.1 Å². The quantitative estimate of drug-likeness (QED) is 0.847. The van der Waals surface area contributed by atoms with Crippen molar-refractivity contribution in [3.05, 3.63) is 72.1 Å². The Bertz CT molecular complexity index is 601. The minimum Gasteiger partial charge on any atom is -0.310 e. The third kappa shape index (κ3) is 5.59. The summed E-state index contributed by atoms with van der Waals surface area (Å²) in [7, 11) is 0. The molecule has 0 amide bonds. The lowest BCUT2D eigenvalue weighted by Crippen LogP contribution is -2.43. The molecule has 0 atom stereocenters. The summed E-state index contributed by atoms with van der Waals surface area (Å²) >= 11 is 0. The van der Waals surface area contributed by atoms with Gasteiger partial charge < -0.3 is 10.2 Å². The number of pyridine rings is 1. The van der Waals surface area contributed by atoms with Crippen LogP contribution in [-0.2, 0) is 6.42 Å². The second-order valence-corrected chi connectivity index (χ2v) is 6.44. The Hall–Kier alpha value is -1.97. The van der Waals surface area contributed by atoms with Crippen LogP contribution < -0.4 is 5.32 Å². The van der Waals surface area contributed by atoms with Crippen molar-refractivity contribution in [2.75, 3.05) is 26.2 Å². The summed E-state index contributed by atoms with van der Waals surface area (Å²) in [5, 5.41) is 3.66. The van der Waals surface area contributed by atoms with Crippen LogP contribution in [0.4, 0.5) is 0 Å². The highest BCUT2D eigenvalue weighted by Gasteiger charge is 2.17. The van der Waals surface area contributed by atoms with Crippen molar-refractivity contribution in [1.82, 2.24) is 15.2 Å². The maximum atomic E-state index is 4.08. The summed E-state index contributed by atoms with van der Waals surface area (Å²) in [4.78, 5) is 6.66. The van der Waals surface area contributed by atoms with Gasteiger partial charge in [0, 0.05) is 31.5 Å². The van der Waals surface area contributed by atoms with Crippen LogP contribution in [-0.4, -0.2) is 42.1 Å². The fraction of sp³-hybridized carbons (Fsp3) is 0.381. The van der Waals surface area contributed by atoms with E-state index in [1.807, 2.05) is 12.4 Å². The van der Waals surface area contributed by atoms with Crippen LogP contribution >= 0.6 is 0 Å². The van der Waals surface area contributed by atoms with E-state index in [0.717, 1.165) is 19.5 Å². The molecule has 0 aliphatic carbocycles. The van der Waals surface area contributed by atoms with Gasteiger partial charge in [0.1, 0.15) is 0 Å². The van der Waals surface area contributed by atoms with Crippen molar-refractivity contribution in [3.8, 4) is 0 Å². The molecule has 2 heterocycles. The maximum absolute atomic E-state index is 4.08. The van der Waals surface area contributed by atoms with Gasteiger partial charge in [-0.2, -0.15) is 0 Å². The Morgan fingerprint density at radius 3 is 2.54 bits per heavy atom. The number of rotatable bonds is 7. The molecule has 1 fully saturated rings. The summed E-state index contributed by atoms with van der Waals surface area (Å²) in [5.41, 5.74) is 2.65. The minimum absolute atomic E-state index is 0.655. The minimum atomic E-state index is 0.655. The molecular formula is C21H27N3. The first-order valence-electron chi connectivity index (χ1n) is 8.96. The van der Waals surface area contributed by atoms with E-state index in [9.17, 15) is 0 Å². The summed E-state index contributed by atoms with van der Waals surface area (Å²) in [5.74, 6) is 0. The highest BCUT2D eigenvalue weighted by atomic mass is 15.1. The van der Waals surface area contributed by atoms with E-state index in [1.54, 1.807) is 0 Å². The van der Waals surface area contributed by atoms with Crippen LogP contribution in [0.3, 0.4) is 0 Å². The van der Waals surface area contributed by atoms with Gasteiger partial charge in [0.2, 0.25) is 0 Å². The highest BCUT2D eigenvalue weighted by molar-refractivity contribution is 5.48. The van der Waals surface area contributed by atoms with Gasteiger partial charge in [-0.1, -0.05) is 42.5 Å². The summed E-state index contributed by atoms with van der Waals surface area (Å²) in [6.45, 7) is 4.51. The largest absolute Gasteiger partial charge is 0.310 e. The molecule has 1 aromatic heterocycles. The molecule has 1 aromatic carbocycles. The Kier molecular flexibility index (Phi) is 6.58. The number of likely N-dealkylation sites (tertiary alicyclic amines) is 1. The standard InChI is InChI=1S/C21H27N3/c1-2-5-19(6-3-1)7-4-13-23-21-11-17-24(18-12-21)16-10-20-8-14-22-15-9-20/h1-9,14-15,21,23H,10-13,16-18H2/b7-4+. The average molecular weight is 321 g/mol. The molecule has 2 aromatic rings. The molecule has 1 saturated heterocycles. The molecule has 0 saturated carbocycles. The fourth-order valence-corrected chi connectivity index (χ4v) is 3.19. The van der Waals surface area contributed by atoms with Crippen LogP contribution in [0.2, 0.25) is 0 Å². The van der Waals surface area contributed by atoms with E-state index in [-0.39, 0.29) is 0 Å². The number of aromatic nitrogens is 1. The molecule has 1 aliphatic heterocycles. The van der Waals surface area contributed by atoms with E-state index in [0.29, 0.717) is 6.04 Å². The van der Waals surface area contributed by atoms with Crippen LogP contribution in [0.15, 0.2) is 60.9 Å². The number of nitrogens with one attached hydrogen (secondary N) is 1. The molecule has 3 nitrogen and oxygen atoms in total. The van der Waals surface area contributed by atoms with Gasteiger partial charge in [-0.3, -0.25) is 4.98 Å². The predicted octanol–water partition coefficient (Wildman–Crippen LogP) is 3.39. The summed E-state index contributed by atoms with van der Waals surface area (Å²) < 4.78 is 0. The Labute approximate surface area is 145 Å². The predicted molar refractivity (Wildman–Crippen MR) is 101 cm³/mol. The van der Waals surface area contributed by atoms with Crippen LogP contribution in [0, 0.1) is 0 Å². The van der Waals surface area contributed by atoms with E-state index < -0.39 is 0 Å². The van der Waals surface area contributed by atoms with E-state index in [2.05, 4.69) is 69.8 Å². The Morgan fingerprint density at radius 2 is 1.79 bits per heavy atom. The first-order valence-corrected chi connectivity index (χ1v) is 8.96. The van der Waals surface area contributed by atoms with Crippen LogP contribution in [0.5, 0.6) is 0 Å². The summed E-state index contributed by atoms with van der Waals surface area (Å²) in [6, 6.07) is 15.4. The second-order valence-electron chi connectivity index (χ2n) is 6.44. The molecule has 1 N–H and O–H groups in total. The van der Waals surface area contributed by atoms with Gasteiger partial charge in [0.15, 0.2) is 0 Å². The first kappa shape index (κ1) is 16.9. The van der Waals surface area contributed by atoms with Gasteiger partial charge in [-0.05, 0) is 55.6 Å². The van der Waals surface area contributed by atoms with Gasteiger partial charge >= 0.3 is 0 Å². The first-order chi connectivity index (χ1) is 11.9. The molecule has 24 heavy (non-hydrogen) atoms. The van der Waals surface area contributed by atoms with Crippen LogP contribution in [0.1, 0.15) is 24.0 Å². The van der Waals surface area contributed by atoms with Crippen molar-refractivity contribution in [2.24, 2.45) is 0 Å². The monoisotopic (exact) mass is 321 g/mol. The Morgan fingerprint density at radius 1 is 1.04 bits per heavy atom. The zero-order valence-electron chi connectivity index (χ0n) is 14.3. The number of benzene rings is 1. The molecule has 1 aliphatic rings. The average Bonchev–Trinajstić information content (AvgIpc) is 2.66. The molecule has 0 unspecified atom stereocenters. The molecular weight excluding hydrogens is 294 g/mol. The van der Waals surface area contributed by atoms with Crippen molar-refractivity contribution >= 4 is 6.08 Å². The third-order valence-electron chi connectivity index (χ3n) is 4.69. The SMILES string of the molecule is C(=C\c1ccccc1)/CNC1CCN(CCc2ccncc2)CC1. The van der Waals surface area contributed by atoms with Gasteiger partial charge in [0.05, 0.1) is 0 Å². The number of hydrogen-bond donors (Lipinski definition) is 1. The lowest BCUT2D eigenvalue weighted by molar-refractivity contribution is 0.202. The van der Waals surface area contributed by atoms with E-state index in [4.69, 9.17) is 0 Å². The van der Waals surface area contributed by atoms with Gasteiger partial charge in [0.25, 0.3) is 0 Å². The van der Waals surface area contributed by atoms with Crippen molar-refractivity contribution in [1.29, 1.82) is 0 Å². The molecule has 126 valence electrons. The van der Waals surface area contributed by atoms with Gasteiger partial charge in [-0.25, -0.2) is 0 Å². The smallest absolute Gasteiger partial charge is 0.0270 e. The topological polar surface area (TPSA) is 28.2 Å². The number of hydrogen-bond acceptors (Lipinski definition) is 3. The molecule has 3 heteroatoms. The molecule has 0 spiro atoms. The zero-order valence-corrected chi connectivity index (χ0v) is 14.3. The number of nitrogens with zero attached hydrogens (tertiary/aromatic N) is 2. The lowest BCUT2D eigenvalue weighted by Gasteiger charge is -2.32. The molecule has 0 bridgehead atoms. The van der Waals surface area contributed by atoms with E-state index >= 15 is 0 Å². The van der Waals surface area contributed by atoms with Crippen molar-refractivity contribution in [3.63, 3.8) is 0 Å². The van der Waals surface area contributed by atoms with Crippen molar-refractivity contribution in [2.45, 2.75) is 25.3 Å². The summed E-state index contributed by atoms with van der Waals surface area (Å²) in [6.07, 6.45) is 11.8. The Balaban J connectivity index is 1.31. The molecule has 3 rings (SSSR count).